The van der Waals surface area contributed by atoms with E-state index in [0.717, 1.165) is 24.3 Å². The highest BCUT2D eigenvalue weighted by atomic mass is 19.4. The van der Waals surface area contributed by atoms with Gasteiger partial charge in [0.1, 0.15) is 11.5 Å². The maximum Gasteiger partial charge on any atom is 0.416 e. The summed E-state index contributed by atoms with van der Waals surface area (Å²) in [5.41, 5.74) is 2.47. The molecule has 0 saturated heterocycles. The van der Waals surface area contributed by atoms with Crippen LogP contribution < -0.4 is 11.3 Å². The highest BCUT2D eigenvalue weighted by Gasteiger charge is 2.30. The first-order chi connectivity index (χ1) is 9.94. The number of hydrazine groups is 1. The van der Waals surface area contributed by atoms with Gasteiger partial charge >= 0.3 is 6.18 Å². The van der Waals surface area contributed by atoms with Crippen LogP contribution in [0.3, 0.4) is 0 Å². The zero-order valence-electron chi connectivity index (χ0n) is 11.6. The van der Waals surface area contributed by atoms with Crippen LogP contribution in [0.25, 0.3) is 0 Å². The van der Waals surface area contributed by atoms with Crippen LogP contribution in [0.5, 0.6) is 0 Å². The Hall–Kier alpha value is -1.79. The lowest BCUT2D eigenvalue weighted by molar-refractivity contribution is -0.137. The Balaban J connectivity index is 2.18. The van der Waals surface area contributed by atoms with Crippen molar-refractivity contribution in [3.63, 3.8) is 0 Å². The second-order valence-corrected chi connectivity index (χ2v) is 4.78. The number of benzene rings is 1. The summed E-state index contributed by atoms with van der Waals surface area (Å²) in [5.74, 6) is 6.93. The third-order valence-corrected chi connectivity index (χ3v) is 3.27. The van der Waals surface area contributed by atoms with Gasteiger partial charge in [-0.3, -0.25) is 5.84 Å². The van der Waals surface area contributed by atoms with E-state index in [1.165, 1.54) is 6.07 Å². The highest BCUT2D eigenvalue weighted by molar-refractivity contribution is 5.27. The Morgan fingerprint density at radius 3 is 2.57 bits per heavy atom. The van der Waals surface area contributed by atoms with Gasteiger partial charge in [-0.25, -0.2) is 5.43 Å². The second-order valence-electron chi connectivity index (χ2n) is 4.78. The largest absolute Gasteiger partial charge is 0.464 e. The molecule has 0 radical (unpaired) electrons. The minimum absolute atomic E-state index is 0.317. The van der Waals surface area contributed by atoms with Crippen molar-refractivity contribution in [1.29, 1.82) is 0 Å². The first-order valence-corrected chi connectivity index (χ1v) is 6.65. The number of hydrogen-bond acceptors (Lipinski definition) is 3. The van der Waals surface area contributed by atoms with Crippen molar-refractivity contribution >= 4 is 0 Å². The van der Waals surface area contributed by atoms with Crippen molar-refractivity contribution in [2.45, 2.75) is 32.0 Å². The van der Waals surface area contributed by atoms with Gasteiger partial charge < -0.3 is 4.42 Å². The monoisotopic (exact) mass is 298 g/mol. The smallest absolute Gasteiger partial charge is 0.416 e. The Morgan fingerprint density at radius 2 is 2.00 bits per heavy atom. The molecule has 1 heterocycles. The summed E-state index contributed by atoms with van der Waals surface area (Å²) in [7, 11) is 0. The van der Waals surface area contributed by atoms with Gasteiger partial charge in [-0.1, -0.05) is 25.1 Å². The van der Waals surface area contributed by atoms with Crippen molar-refractivity contribution in [2.75, 3.05) is 0 Å². The SMILES string of the molecule is CCc1ccc(C(Cc2cccc(C(F)(F)F)c2)NN)o1. The molecule has 114 valence electrons. The lowest BCUT2D eigenvalue weighted by Gasteiger charge is -2.15. The number of nitrogens with one attached hydrogen (secondary N) is 1. The molecule has 2 aromatic rings. The summed E-state index contributed by atoms with van der Waals surface area (Å²) in [6.07, 6.45) is -3.28. The molecule has 1 aromatic heterocycles. The maximum absolute atomic E-state index is 12.7. The molecule has 0 bridgehead atoms. The molecular weight excluding hydrogens is 281 g/mol. The molecule has 21 heavy (non-hydrogen) atoms. The molecule has 0 fully saturated rings. The summed E-state index contributed by atoms with van der Waals surface area (Å²) >= 11 is 0. The van der Waals surface area contributed by atoms with E-state index in [9.17, 15) is 13.2 Å². The number of rotatable bonds is 5. The van der Waals surface area contributed by atoms with Gasteiger partial charge in [0.15, 0.2) is 0 Å². The molecule has 2 rings (SSSR count). The molecule has 1 atom stereocenters. The van der Waals surface area contributed by atoms with E-state index < -0.39 is 11.7 Å². The Bertz CT molecular complexity index is 593. The molecule has 6 heteroatoms. The number of nitrogens with two attached hydrogens (primary N) is 1. The molecule has 0 saturated carbocycles. The van der Waals surface area contributed by atoms with Crippen LogP contribution in [0.4, 0.5) is 13.2 Å². The van der Waals surface area contributed by atoms with Gasteiger partial charge in [-0.2, -0.15) is 13.2 Å². The third-order valence-electron chi connectivity index (χ3n) is 3.27. The van der Waals surface area contributed by atoms with Crippen LogP contribution >= 0.6 is 0 Å². The van der Waals surface area contributed by atoms with Crippen LogP contribution in [-0.4, -0.2) is 0 Å². The lowest BCUT2D eigenvalue weighted by atomic mass is 10.0. The normalized spacial score (nSPS) is 13.4. The van der Waals surface area contributed by atoms with Gasteiger partial charge in [-0.05, 0) is 30.2 Å². The first kappa shape index (κ1) is 15.6. The van der Waals surface area contributed by atoms with Gasteiger partial charge in [-0.15, -0.1) is 0 Å². The van der Waals surface area contributed by atoms with Gasteiger partial charge in [0.2, 0.25) is 0 Å². The molecule has 0 spiro atoms. The molecule has 0 aliphatic rings. The van der Waals surface area contributed by atoms with Crippen molar-refractivity contribution in [3.05, 3.63) is 59.0 Å². The summed E-state index contributed by atoms with van der Waals surface area (Å²) in [4.78, 5) is 0. The first-order valence-electron chi connectivity index (χ1n) is 6.65. The molecule has 0 amide bonds. The third kappa shape index (κ3) is 3.86. The fourth-order valence-corrected chi connectivity index (χ4v) is 2.12. The quantitative estimate of drug-likeness (QED) is 0.655. The van der Waals surface area contributed by atoms with E-state index in [4.69, 9.17) is 10.3 Å². The molecule has 1 unspecified atom stereocenters. The Kier molecular flexibility index (Phi) is 4.69. The van der Waals surface area contributed by atoms with Crippen LogP contribution in [0, 0.1) is 0 Å². The van der Waals surface area contributed by atoms with E-state index in [1.54, 1.807) is 12.1 Å². The lowest BCUT2D eigenvalue weighted by Crippen LogP contribution is -2.29. The minimum atomic E-state index is -4.35. The van der Waals surface area contributed by atoms with Crippen LogP contribution in [-0.2, 0) is 19.0 Å². The van der Waals surface area contributed by atoms with E-state index in [0.29, 0.717) is 17.7 Å². The predicted molar refractivity (Wildman–Crippen MR) is 73.3 cm³/mol. The van der Waals surface area contributed by atoms with Crippen molar-refractivity contribution in [1.82, 2.24) is 5.43 Å². The second kappa shape index (κ2) is 6.32. The molecule has 3 nitrogen and oxygen atoms in total. The predicted octanol–water partition coefficient (Wildman–Crippen LogP) is 3.61. The van der Waals surface area contributed by atoms with Crippen molar-refractivity contribution in [3.8, 4) is 0 Å². The number of halogens is 3. The summed E-state index contributed by atoms with van der Waals surface area (Å²) in [6, 6.07) is 8.48. The average Bonchev–Trinajstić information content (AvgIpc) is 2.93. The zero-order chi connectivity index (χ0) is 15.5. The topological polar surface area (TPSA) is 51.2 Å². The van der Waals surface area contributed by atoms with Crippen molar-refractivity contribution < 1.29 is 17.6 Å². The van der Waals surface area contributed by atoms with E-state index in [1.807, 2.05) is 13.0 Å². The molecule has 1 aromatic carbocycles. The summed E-state index contributed by atoms with van der Waals surface area (Å²) in [5, 5.41) is 0. The Morgan fingerprint density at radius 1 is 1.24 bits per heavy atom. The highest BCUT2D eigenvalue weighted by Crippen LogP contribution is 2.30. The average molecular weight is 298 g/mol. The van der Waals surface area contributed by atoms with Crippen LogP contribution in [0.15, 0.2) is 40.8 Å². The summed E-state index contributed by atoms with van der Waals surface area (Å²) < 4.78 is 43.7. The van der Waals surface area contributed by atoms with E-state index in [2.05, 4.69) is 5.43 Å². The van der Waals surface area contributed by atoms with Gasteiger partial charge in [0.05, 0.1) is 11.6 Å². The standard InChI is InChI=1S/C15H17F3N2O/c1-2-12-6-7-14(21-12)13(20-19)9-10-4-3-5-11(8-10)15(16,17)18/h3-8,13,20H,2,9,19H2,1H3. The number of furan rings is 1. The maximum atomic E-state index is 12.7. The number of hydrogen-bond donors (Lipinski definition) is 2. The fourth-order valence-electron chi connectivity index (χ4n) is 2.12. The van der Waals surface area contributed by atoms with E-state index >= 15 is 0 Å². The molecule has 0 aliphatic heterocycles. The number of aryl methyl sites for hydroxylation is 1. The summed E-state index contributed by atoms with van der Waals surface area (Å²) in [6.45, 7) is 1.96. The number of alkyl halides is 3. The molecular formula is C15H17F3N2O. The van der Waals surface area contributed by atoms with E-state index in [-0.39, 0.29) is 6.04 Å². The van der Waals surface area contributed by atoms with Gasteiger partial charge in [0, 0.05) is 6.42 Å². The van der Waals surface area contributed by atoms with Crippen molar-refractivity contribution in [2.24, 2.45) is 5.84 Å². The van der Waals surface area contributed by atoms with Crippen LogP contribution in [0.1, 0.15) is 35.6 Å². The molecule has 0 aliphatic carbocycles. The molecule has 3 N–H and O–H groups in total. The zero-order valence-corrected chi connectivity index (χ0v) is 11.6. The Labute approximate surface area is 120 Å². The van der Waals surface area contributed by atoms with Gasteiger partial charge in [0.25, 0.3) is 0 Å². The minimum Gasteiger partial charge on any atom is -0.464 e. The van der Waals surface area contributed by atoms with Crippen LogP contribution in [0.2, 0.25) is 0 Å². The fraction of sp³-hybridized carbons (Fsp3) is 0.333.